The summed E-state index contributed by atoms with van der Waals surface area (Å²) in [5.41, 5.74) is 1.99. The van der Waals surface area contributed by atoms with Crippen molar-refractivity contribution >= 4 is 23.5 Å². The summed E-state index contributed by atoms with van der Waals surface area (Å²) in [7, 11) is 0. The largest absolute Gasteiger partial charge is 0.503 e. The van der Waals surface area contributed by atoms with E-state index in [1.54, 1.807) is 0 Å². The van der Waals surface area contributed by atoms with E-state index in [2.05, 4.69) is 5.32 Å². The van der Waals surface area contributed by atoms with Crippen LogP contribution >= 0.6 is 0 Å². The van der Waals surface area contributed by atoms with E-state index < -0.39 is 11.6 Å². The number of rotatable bonds is 2. The first kappa shape index (κ1) is 15.0. The molecule has 1 aliphatic heterocycles. The Morgan fingerprint density at radius 2 is 1.81 bits per heavy atom. The molecule has 1 amide bonds. The predicted octanol–water partition coefficient (Wildman–Crippen LogP) is 2.73. The summed E-state index contributed by atoms with van der Waals surface area (Å²) in [5, 5.41) is 16.8. The highest BCUT2D eigenvalue weighted by atomic mass is 16.6. The molecule has 1 aromatic carbocycles. The maximum atomic E-state index is 12.0. The van der Waals surface area contributed by atoms with Gasteiger partial charge in [0, 0.05) is 17.2 Å². The van der Waals surface area contributed by atoms with Crippen LogP contribution in [-0.4, -0.2) is 28.1 Å². The lowest BCUT2D eigenvalue weighted by Crippen LogP contribution is -2.27. The Bertz CT molecular complexity index is 612. The Kier molecular flexibility index (Phi) is 3.72. The second-order valence-electron chi connectivity index (χ2n) is 5.76. The molecule has 0 aromatic heterocycles. The second kappa shape index (κ2) is 5.20. The van der Waals surface area contributed by atoms with Crippen molar-refractivity contribution in [3.8, 4) is 0 Å². The molecule has 1 fully saturated rings. The van der Waals surface area contributed by atoms with Crippen molar-refractivity contribution in [2.45, 2.75) is 32.1 Å². The Hall–Kier alpha value is -2.37. The minimum atomic E-state index is -1.83. The van der Waals surface area contributed by atoms with E-state index in [-0.39, 0.29) is 17.6 Å². The normalized spacial score (nSPS) is 18.1. The van der Waals surface area contributed by atoms with Gasteiger partial charge in [0.15, 0.2) is 5.78 Å². The van der Waals surface area contributed by atoms with Crippen molar-refractivity contribution in [2.75, 3.05) is 5.32 Å². The highest BCUT2D eigenvalue weighted by molar-refractivity contribution is 6.07. The molecule has 0 bridgehead atoms. The molecule has 6 heteroatoms. The Morgan fingerprint density at radius 3 is 2.33 bits per heavy atom. The van der Waals surface area contributed by atoms with Crippen LogP contribution in [0.1, 0.15) is 42.6 Å². The Balaban J connectivity index is 0.000000361. The molecule has 112 valence electrons. The van der Waals surface area contributed by atoms with Crippen LogP contribution in [0.4, 0.5) is 10.5 Å². The zero-order valence-electron chi connectivity index (χ0n) is 11.8. The standard InChI is InChI=1S/C14H15NO2.CH2O3/c1-14(2)10-7-9(12(16)8-3-4-8)5-6-11(10)15-13(14)17;2-1(3)4/h5-8H,3-4H2,1-2H3,(H,15,17);(H2,2,3,4). The number of hydrogen-bond acceptors (Lipinski definition) is 3. The average molecular weight is 291 g/mol. The number of benzene rings is 1. The van der Waals surface area contributed by atoms with Gasteiger partial charge in [0.1, 0.15) is 0 Å². The van der Waals surface area contributed by atoms with Crippen molar-refractivity contribution in [3.05, 3.63) is 29.3 Å². The highest BCUT2D eigenvalue weighted by Crippen LogP contribution is 2.39. The van der Waals surface area contributed by atoms with E-state index in [1.165, 1.54) is 0 Å². The molecule has 0 unspecified atom stereocenters. The van der Waals surface area contributed by atoms with Crippen molar-refractivity contribution < 1.29 is 24.6 Å². The molecule has 3 N–H and O–H groups in total. The quantitative estimate of drug-likeness (QED) is 0.727. The third-order valence-electron chi connectivity index (χ3n) is 3.74. The van der Waals surface area contributed by atoms with Gasteiger partial charge >= 0.3 is 6.16 Å². The number of amides is 1. The summed E-state index contributed by atoms with van der Waals surface area (Å²) < 4.78 is 0. The van der Waals surface area contributed by atoms with Gasteiger partial charge in [0.2, 0.25) is 5.91 Å². The molecule has 2 aliphatic rings. The average Bonchev–Trinajstić information content (AvgIpc) is 3.18. The third-order valence-corrected chi connectivity index (χ3v) is 3.74. The fourth-order valence-corrected chi connectivity index (χ4v) is 2.31. The number of Topliss-reactive ketones (excluding diaryl/α,β-unsaturated/α-hetero) is 1. The minimum Gasteiger partial charge on any atom is -0.450 e. The lowest BCUT2D eigenvalue weighted by molar-refractivity contribution is -0.119. The summed E-state index contributed by atoms with van der Waals surface area (Å²) in [6.07, 6.45) is 0.187. The van der Waals surface area contributed by atoms with Crippen molar-refractivity contribution in [2.24, 2.45) is 5.92 Å². The number of carboxylic acid groups (broad SMARTS) is 2. The van der Waals surface area contributed by atoms with Gasteiger partial charge in [-0.3, -0.25) is 9.59 Å². The molecular formula is C15H17NO5. The molecule has 1 heterocycles. The van der Waals surface area contributed by atoms with E-state index >= 15 is 0 Å². The van der Waals surface area contributed by atoms with Crippen LogP contribution in [0.5, 0.6) is 0 Å². The summed E-state index contributed by atoms with van der Waals surface area (Å²) in [6, 6.07) is 5.55. The molecule has 1 saturated carbocycles. The van der Waals surface area contributed by atoms with Gasteiger partial charge in [-0.1, -0.05) is 0 Å². The fourth-order valence-electron chi connectivity index (χ4n) is 2.31. The summed E-state index contributed by atoms with van der Waals surface area (Å²) in [4.78, 5) is 32.3. The van der Waals surface area contributed by atoms with Crippen LogP contribution < -0.4 is 5.32 Å². The maximum Gasteiger partial charge on any atom is 0.503 e. The van der Waals surface area contributed by atoms with E-state index in [4.69, 9.17) is 15.0 Å². The summed E-state index contributed by atoms with van der Waals surface area (Å²) in [5.74, 6) is 0.452. The van der Waals surface area contributed by atoms with Crippen LogP contribution in [-0.2, 0) is 10.2 Å². The van der Waals surface area contributed by atoms with Crippen LogP contribution in [0.15, 0.2) is 18.2 Å². The summed E-state index contributed by atoms with van der Waals surface area (Å²) in [6.45, 7) is 3.78. The monoisotopic (exact) mass is 291 g/mol. The molecule has 0 radical (unpaired) electrons. The van der Waals surface area contributed by atoms with Gasteiger partial charge < -0.3 is 15.5 Å². The lowest BCUT2D eigenvalue weighted by atomic mass is 9.85. The van der Waals surface area contributed by atoms with Gasteiger partial charge in [-0.2, -0.15) is 0 Å². The molecule has 21 heavy (non-hydrogen) atoms. The topological polar surface area (TPSA) is 104 Å². The smallest absolute Gasteiger partial charge is 0.450 e. The molecule has 0 spiro atoms. The van der Waals surface area contributed by atoms with Crippen LogP contribution in [0.2, 0.25) is 0 Å². The van der Waals surface area contributed by atoms with Gasteiger partial charge in [-0.05, 0) is 50.5 Å². The SMILES string of the molecule is CC1(C)C(=O)Nc2ccc(C(=O)C3CC3)cc21.O=C(O)O. The number of nitrogens with one attached hydrogen (secondary N) is 1. The van der Waals surface area contributed by atoms with Crippen molar-refractivity contribution in [1.29, 1.82) is 0 Å². The van der Waals surface area contributed by atoms with E-state index in [1.807, 2.05) is 32.0 Å². The molecule has 0 saturated heterocycles. The number of ketones is 1. The Labute approximate surface area is 121 Å². The maximum absolute atomic E-state index is 12.0. The lowest BCUT2D eigenvalue weighted by Gasteiger charge is -2.15. The first-order valence-electron chi connectivity index (χ1n) is 6.65. The molecule has 1 aromatic rings. The molecule has 6 nitrogen and oxygen atoms in total. The van der Waals surface area contributed by atoms with Crippen molar-refractivity contribution in [3.63, 3.8) is 0 Å². The minimum absolute atomic E-state index is 0.00326. The number of hydrogen-bond donors (Lipinski definition) is 3. The van der Waals surface area contributed by atoms with Crippen LogP contribution in [0.3, 0.4) is 0 Å². The molecular weight excluding hydrogens is 274 g/mol. The predicted molar refractivity (Wildman–Crippen MR) is 75.8 cm³/mol. The zero-order valence-corrected chi connectivity index (χ0v) is 11.8. The number of carbonyl (C=O) groups excluding carboxylic acids is 2. The van der Waals surface area contributed by atoms with E-state index in [0.29, 0.717) is 0 Å². The molecule has 1 aliphatic carbocycles. The van der Waals surface area contributed by atoms with Crippen molar-refractivity contribution in [1.82, 2.24) is 0 Å². The fraction of sp³-hybridized carbons (Fsp3) is 0.400. The van der Waals surface area contributed by atoms with Gasteiger partial charge in [-0.15, -0.1) is 0 Å². The summed E-state index contributed by atoms with van der Waals surface area (Å²) >= 11 is 0. The van der Waals surface area contributed by atoms with Crippen LogP contribution in [0, 0.1) is 5.92 Å². The van der Waals surface area contributed by atoms with Gasteiger partial charge in [-0.25, -0.2) is 4.79 Å². The zero-order chi connectivity index (χ0) is 15.8. The second-order valence-corrected chi connectivity index (χ2v) is 5.76. The highest BCUT2D eigenvalue weighted by Gasteiger charge is 2.39. The van der Waals surface area contributed by atoms with Gasteiger partial charge in [0.25, 0.3) is 0 Å². The molecule has 0 atom stereocenters. The van der Waals surface area contributed by atoms with E-state index in [0.717, 1.165) is 29.7 Å². The third kappa shape index (κ3) is 3.04. The molecule has 3 rings (SSSR count). The number of carbonyl (C=O) groups is 3. The van der Waals surface area contributed by atoms with Gasteiger partial charge in [0.05, 0.1) is 5.41 Å². The van der Waals surface area contributed by atoms with Crippen LogP contribution in [0.25, 0.3) is 0 Å². The first-order valence-corrected chi connectivity index (χ1v) is 6.65. The Morgan fingerprint density at radius 1 is 1.24 bits per heavy atom. The number of anilines is 1. The number of fused-ring (bicyclic) bond motifs is 1. The first-order chi connectivity index (χ1) is 9.73. The van der Waals surface area contributed by atoms with E-state index in [9.17, 15) is 9.59 Å².